The first-order valence-corrected chi connectivity index (χ1v) is 5.64. The minimum Gasteiger partial charge on any atom is -0.366 e. The van der Waals surface area contributed by atoms with Crippen molar-refractivity contribution in [2.24, 2.45) is 5.73 Å². The van der Waals surface area contributed by atoms with Crippen molar-refractivity contribution in [3.8, 4) is 0 Å². The Balaban J connectivity index is 2.46. The summed E-state index contributed by atoms with van der Waals surface area (Å²) in [6.07, 6.45) is 0. The lowest BCUT2D eigenvalue weighted by molar-refractivity contribution is 0.1000. The standard InChI is InChI=1S/C15H14N2O/c1-10-6-8-11(9-7-10)14(16)12-4-2-3-5-13(12)15(17)18/h2-9,16H,1H3,(H2,17,18). The van der Waals surface area contributed by atoms with Crippen LogP contribution in [0.5, 0.6) is 0 Å². The molecule has 3 N–H and O–H groups in total. The highest BCUT2D eigenvalue weighted by molar-refractivity contribution is 6.16. The van der Waals surface area contributed by atoms with Gasteiger partial charge in [0.15, 0.2) is 0 Å². The normalized spacial score (nSPS) is 10.1. The molecule has 0 aliphatic heterocycles. The average Bonchev–Trinajstić information content (AvgIpc) is 2.39. The number of carbonyl (C=O) groups is 1. The monoisotopic (exact) mass is 238 g/mol. The Morgan fingerprint density at radius 1 is 1.00 bits per heavy atom. The Morgan fingerprint density at radius 3 is 2.11 bits per heavy atom. The number of hydrogen-bond acceptors (Lipinski definition) is 2. The summed E-state index contributed by atoms with van der Waals surface area (Å²) in [6.45, 7) is 1.99. The fourth-order valence-corrected chi connectivity index (χ4v) is 1.79. The van der Waals surface area contributed by atoms with Gasteiger partial charge in [-0.05, 0) is 13.0 Å². The summed E-state index contributed by atoms with van der Waals surface area (Å²) in [5.41, 5.74) is 8.48. The second-order valence-corrected chi connectivity index (χ2v) is 4.15. The second kappa shape index (κ2) is 4.84. The van der Waals surface area contributed by atoms with E-state index in [4.69, 9.17) is 11.1 Å². The lowest BCUT2D eigenvalue weighted by Gasteiger charge is -2.08. The maximum Gasteiger partial charge on any atom is 0.249 e. The fraction of sp³-hybridized carbons (Fsp3) is 0.0667. The summed E-state index contributed by atoms with van der Waals surface area (Å²) in [5, 5.41) is 8.17. The highest BCUT2D eigenvalue weighted by atomic mass is 16.1. The number of amides is 1. The smallest absolute Gasteiger partial charge is 0.249 e. The number of primary amides is 1. The molecule has 3 heteroatoms. The highest BCUT2D eigenvalue weighted by Crippen LogP contribution is 2.14. The summed E-state index contributed by atoms with van der Waals surface area (Å²) in [6, 6.07) is 14.5. The summed E-state index contributed by atoms with van der Waals surface area (Å²) in [4.78, 5) is 11.3. The Hall–Kier alpha value is -2.42. The molecule has 2 aromatic carbocycles. The van der Waals surface area contributed by atoms with Crippen molar-refractivity contribution in [3.63, 3.8) is 0 Å². The van der Waals surface area contributed by atoms with Gasteiger partial charge in [-0.3, -0.25) is 10.2 Å². The third-order valence-corrected chi connectivity index (χ3v) is 2.80. The lowest BCUT2D eigenvalue weighted by atomic mass is 9.97. The zero-order chi connectivity index (χ0) is 13.1. The SMILES string of the molecule is Cc1ccc(C(=N)c2ccccc2C(N)=O)cc1. The van der Waals surface area contributed by atoms with Crippen LogP contribution in [0.1, 0.15) is 27.0 Å². The third kappa shape index (κ3) is 2.30. The summed E-state index contributed by atoms with van der Waals surface area (Å²) in [7, 11) is 0. The fourth-order valence-electron chi connectivity index (χ4n) is 1.79. The zero-order valence-corrected chi connectivity index (χ0v) is 10.1. The van der Waals surface area contributed by atoms with Crippen molar-refractivity contribution in [2.45, 2.75) is 6.92 Å². The molecule has 0 aliphatic rings. The van der Waals surface area contributed by atoms with E-state index < -0.39 is 5.91 Å². The summed E-state index contributed by atoms with van der Waals surface area (Å²) >= 11 is 0. The van der Waals surface area contributed by atoms with E-state index >= 15 is 0 Å². The number of carbonyl (C=O) groups excluding carboxylic acids is 1. The van der Waals surface area contributed by atoms with Crippen molar-refractivity contribution in [3.05, 3.63) is 70.8 Å². The minimum atomic E-state index is -0.512. The first-order valence-electron chi connectivity index (χ1n) is 5.64. The van der Waals surface area contributed by atoms with Crippen LogP contribution in [0, 0.1) is 12.3 Å². The lowest BCUT2D eigenvalue weighted by Crippen LogP contribution is -2.16. The molecule has 0 unspecified atom stereocenters. The largest absolute Gasteiger partial charge is 0.366 e. The van der Waals surface area contributed by atoms with Gasteiger partial charge >= 0.3 is 0 Å². The van der Waals surface area contributed by atoms with Gasteiger partial charge in [-0.25, -0.2) is 0 Å². The molecule has 1 amide bonds. The third-order valence-electron chi connectivity index (χ3n) is 2.80. The van der Waals surface area contributed by atoms with Gasteiger partial charge in [0.1, 0.15) is 0 Å². The molecule has 3 nitrogen and oxygen atoms in total. The molecular formula is C15H14N2O. The van der Waals surface area contributed by atoms with Crippen LogP contribution in [0.4, 0.5) is 0 Å². The van der Waals surface area contributed by atoms with Crippen LogP contribution < -0.4 is 5.73 Å². The van der Waals surface area contributed by atoms with Crippen LogP contribution in [0.2, 0.25) is 0 Å². The van der Waals surface area contributed by atoms with E-state index in [1.807, 2.05) is 31.2 Å². The van der Waals surface area contributed by atoms with Gasteiger partial charge in [0, 0.05) is 16.7 Å². The van der Waals surface area contributed by atoms with Crippen molar-refractivity contribution in [1.82, 2.24) is 0 Å². The molecule has 0 saturated heterocycles. The molecule has 0 saturated carbocycles. The molecule has 90 valence electrons. The number of rotatable bonds is 3. The average molecular weight is 238 g/mol. The van der Waals surface area contributed by atoms with Gasteiger partial charge in [0.25, 0.3) is 0 Å². The second-order valence-electron chi connectivity index (χ2n) is 4.15. The van der Waals surface area contributed by atoms with Crippen molar-refractivity contribution < 1.29 is 4.79 Å². The first-order chi connectivity index (χ1) is 8.59. The number of nitrogens with one attached hydrogen (secondary N) is 1. The van der Waals surface area contributed by atoms with Crippen LogP contribution in [0.3, 0.4) is 0 Å². The van der Waals surface area contributed by atoms with Gasteiger partial charge in [0.2, 0.25) is 5.91 Å². The number of hydrogen-bond donors (Lipinski definition) is 2. The van der Waals surface area contributed by atoms with E-state index in [2.05, 4.69) is 0 Å². The molecule has 0 aliphatic carbocycles. The number of aryl methyl sites for hydroxylation is 1. The topological polar surface area (TPSA) is 66.9 Å². The molecule has 0 radical (unpaired) electrons. The maximum atomic E-state index is 11.3. The van der Waals surface area contributed by atoms with E-state index in [0.717, 1.165) is 11.1 Å². The van der Waals surface area contributed by atoms with E-state index in [1.165, 1.54) is 0 Å². The first kappa shape index (κ1) is 12.0. The molecule has 0 atom stereocenters. The Kier molecular flexibility index (Phi) is 3.24. The summed E-state index contributed by atoms with van der Waals surface area (Å²) < 4.78 is 0. The van der Waals surface area contributed by atoms with Crippen LogP contribution in [-0.2, 0) is 0 Å². The van der Waals surface area contributed by atoms with E-state index in [1.54, 1.807) is 24.3 Å². The Bertz CT molecular complexity index is 600. The Morgan fingerprint density at radius 2 is 1.56 bits per heavy atom. The van der Waals surface area contributed by atoms with Crippen LogP contribution in [0.15, 0.2) is 48.5 Å². The van der Waals surface area contributed by atoms with Crippen molar-refractivity contribution >= 4 is 11.6 Å². The van der Waals surface area contributed by atoms with Crippen LogP contribution in [0.25, 0.3) is 0 Å². The predicted molar refractivity (Wildman–Crippen MR) is 72.1 cm³/mol. The molecule has 0 bridgehead atoms. The van der Waals surface area contributed by atoms with Crippen LogP contribution >= 0.6 is 0 Å². The number of nitrogens with two attached hydrogens (primary N) is 1. The Labute approximate surface area is 106 Å². The van der Waals surface area contributed by atoms with Gasteiger partial charge in [-0.1, -0.05) is 48.0 Å². The number of benzene rings is 2. The van der Waals surface area contributed by atoms with Gasteiger partial charge in [0.05, 0.1) is 5.71 Å². The van der Waals surface area contributed by atoms with E-state index in [9.17, 15) is 4.79 Å². The maximum absolute atomic E-state index is 11.3. The quantitative estimate of drug-likeness (QED) is 0.793. The molecule has 2 rings (SSSR count). The molecule has 0 heterocycles. The molecule has 0 spiro atoms. The minimum absolute atomic E-state index is 0.310. The summed E-state index contributed by atoms with van der Waals surface area (Å²) in [5.74, 6) is -0.512. The van der Waals surface area contributed by atoms with Crippen molar-refractivity contribution in [2.75, 3.05) is 0 Å². The van der Waals surface area contributed by atoms with Gasteiger partial charge < -0.3 is 5.73 Å². The van der Waals surface area contributed by atoms with Gasteiger partial charge in [-0.15, -0.1) is 0 Å². The highest BCUT2D eigenvalue weighted by Gasteiger charge is 2.12. The predicted octanol–water partition coefficient (Wildman–Crippen LogP) is 2.51. The molecule has 0 fully saturated rings. The molecule has 0 aromatic heterocycles. The van der Waals surface area contributed by atoms with Crippen LogP contribution in [-0.4, -0.2) is 11.6 Å². The van der Waals surface area contributed by atoms with E-state index in [0.29, 0.717) is 16.8 Å². The molecule has 18 heavy (non-hydrogen) atoms. The van der Waals surface area contributed by atoms with Crippen molar-refractivity contribution in [1.29, 1.82) is 5.41 Å². The molecular weight excluding hydrogens is 224 g/mol. The molecule has 2 aromatic rings. The zero-order valence-electron chi connectivity index (χ0n) is 10.1. The van der Waals surface area contributed by atoms with E-state index in [-0.39, 0.29) is 0 Å². The van der Waals surface area contributed by atoms with Gasteiger partial charge in [-0.2, -0.15) is 0 Å².